The van der Waals surface area contributed by atoms with Crippen LogP contribution in [-0.4, -0.2) is 56.5 Å². The number of piperazine rings is 1. The Balaban J connectivity index is 1.74. The maximum Gasteiger partial charge on any atom is 0.242 e. The van der Waals surface area contributed by atoms with Gasteiger partial charge in [-0.2, -0.15) is 0 Å². The predicted octanol–water partition coefficient (Wildman–Crippen LogP) is 1.36. The van der Waals surface area contributed by atoms with E-state index in [0.29, 0.717) is 0 Å². The Morgan fingerprint density at radius 1 is 1.16 bits per heavy atom. The third kappa shape index (κ3) is 4.46. The van der Waals surface area contributed by atoms with Crippen LogP contribution >= 0.6 is 11.6 Å². The van der Waals surface area contributed by atoms with E-state index in [2.05, 4.69) is 31.5 Å². The van der Waals surface area contributed by atoms with Gasteiger partial charge in [0.2, 0.25) is 10.0 Å². The van der Waals surface area contributed by atoms with Gasteiger partial charge in [-0.25, -0.2) is 23.1 Å². The van der Waals surface area contributed by atoms with E-state index in [1.807, 2.05) is 12.1 Å². The highest BCUT2D eigenvalue weighted by molar-refractivity contribution is 7.89. The normalized spacial score (nSPS) is 16.2. The van der Waals surface area contributed by atoms with Crippen molar-refractivity contribution in [2.45, 2.75) is 11.4 Å². The minimum absolute atomic E-state index is 0.0851. The Hall–Kier alpha value is -1.74. The Labute approximate surface area is 152 Å². The third-order valence-corrected chi connectivity index (χ3v) is 5.74. The number of anilines is 1. The summed E-state index contributed by atoms with van der Waals surface area (Å²) in [6, 6.07) is 6.59. The van der Waals surface area contributed by atoms with Crippen molar-refractivity contribution in [3.05, 3.63) is 47.4 Å². The van der Waals surface area contributed by atoms with Crippen LogP contribution in [0.25, 0.3) is 0 Å². The van der Waals surface area contributed by atoms with Gasteiger partial charge >= 0.3 is 0 Å². The van der Waals surface area contributed by atoms with Gasteiger partial charge in [-0.1, -0.05) is 17.7 Å². The number of rotatable bonds is 5. The highest BCUT2D eigenvalue weighted by Crippen LogP contribution is 2.19. The van der Waals surface area contributed by atoms with Gasteiger partial charge in [-0.15, -0.1) is 0 Å². The summed E-state index contributed by atoms with van der Waals surface area (Å²) < 4.78 is 27.4. The second-order valence-corrected chi connectivity index (χ2v) is 8.07. The minimum Gasteiger partial charge on any atom is -0.354 e. The molecule has 25 heavy (non-hydrogen) atoms. The molecule has 0 unspecified atom stereocenters. The molecule has 2 aromatic heterocycles. The van der Waals surface area contributed by atoms with Gasteiger partial charge in [0, 0.05) is 50.7 Å². The van der Waals surface area contributed by atoms with Gasteiger partial charge in [0.15, 0.2) is 0 Å². The lowest BCUT2D eigenvalue weighted by Crippen LogP contribution is -2.45. The van der Waals surface area contributed by atoms with Crippen molar-refractivity contribution in [3.8, 4) is 0 Å². The molecule has 0 spiro atoms. The molecule has 0 aliphatic carbocycles. The summed E-state index contributed by atoms with van der Waals surface area (Å²) in [5, 5.41) is 0.253. The fraction of sp³-hybridized carbons (Fsp3) is 0.375. The van der Waals surface area contributed by atoms with Crippen LogP contribution in [0.2, 0.25) is 5.15 Å². The van der Waals surface area contributed by atoms with Crippen molar-refractivity contribution in [1.29, 1.82) is 0 Å². The van der Waals surface area contributed by atoms with E-state index in [9.17, 15) is 8.42 Å². The van der Waals surface area contributed by atoms with Gasteiger partial charge in [-0.05, 0) is 25.2 Å². The van der Waals surface area contributed by atoms with Crippen LogP contribution in [0.15, 0.2) is 41.6 Å². The molecule has 1 saturated heterocycles. The number of pyridine rings is 2. The topological polar surface area (TPSA) is 78.4 Å². The van der Waals surface area contributed by atoms with E-state index in [0.717, 1.165) is 37.6 Å². The molecule has 1 aliphatic rings. The van der Waals surface area contributed by atoms with E-state index in [4.69, 9.17) is 11.6 Å². The summed E-state index contributed by atoms with van der Waals surface area (Å²) in [4.78, 5) is 12.8. The van der Waals surface area contributed by atoms with Crippen molar-refractivity contribution in [1.82, 2.24) is 19.6 Å². The molecular weight excluding hydrogens is 362 g/mol. The quantitative estimate of drug-likeness (QED) is 0.788. The van der Waals surface area contributed by atoms with Crippen molar-refractivity contribution in [2.75, 3.05) is 38.1 Å². The summed E-state index contributed by atoms with van der Waals surface area (Å²) in [7, 11) is -1.57. The summed E-state index contributed by atoms with van der Waals surface area (Å²) in [6.45, 7) is 3.82. The molecule has 1 fully saturated rings. The van der Waals surface area contributed by atoms with Gasteiger partial charge in [0.1, 0.15) is 15.9 Å². The molecular formula is C16H20ClN5O2S. The highest BCUT2D eigenvalue weighted by Gasteiger charge is 2.20. The number of nitrogens with one attached hydrogen (secondary N) is 1. The zero-order valence-corrected chi connectivity index (χ0v) is 15.5. The molecule has 2 aromatic rings. The first-order valence-electron chi connectivity index (χ1n) is 7.94. The number of hydrogen-bond acceptors (Lipinski definition) is 6. The number of sulfonamides is 1. The molecule has 3 heterocycles. The third-order valence-electron chi connectivity index (χ3n) is 4.13. The van der Waals surface area contributed by atoms with Gasteiger partial charge < -0.3 is 9.80 Å². The van der Waals surface area contributed by atoms with Crippen LogP contribution in [0, 0.1) is 0 Å². The van der Waals surface area contributed by atoms with Gasteiger partial charge in [0.25, 0.3) is 0 Å². The molecule has 0 bridgehead atoms. The number of aromatic nitrogens is 2. The molecule has 0 aromatic carbocycles. The van der Waals surface area contributed by atoms with Crippen LogP contribution in [0.1, 0.15) is 5.56 Å². The van der Waals surface area contributed by atoms with Crippen molar-refractivity contribution < 1.29 is 8.42 Å². The average molecular weight is 382 g/mol. The Bertz CT molecular complexity index is 821. The highest BCUT2D eigenvalue weighted by atomic mass is 35.5. The lowest BCUT2D eigenvalue weighted by atomic mass is 10.2. The lowest BCUT2D eigenvalue weighted by Gasteiger charge is -2.34. The lowest BCUT2D eigenvalue weighted by molar-refractivity contribution is 0.312. The van der Waals surface area contributed by atoms with Crippen LogP contribution in [0.4, 0.5) is 5.82 Å². The summed E-state index contributed by atoms with van der Waals surface area (Å²) in [5.74, 6) is 0.826. The maximum absolute atomic E-state index is 12.4. The number of hydrogen-bond donors (Lipinski definition) is 1. The summed E-state index contributed by atoms with van der Waals surface area (Å²) >= 11 is 5.71. The monoisotopic (exact) mass is 381 g/mol. The van der Waals surface area contributed by atoms with Crippen LogP contribution in [0.3, 0.4) is 0 Å². The van der Waals surface area contributed by atoms with Crippen LogP contribution in [-0.2, 0) is 16.6 Å². The SMILES string of the molecule is CN1CCN(c2ncccc2CNS(=O)(=O)c2ccc(Cl)nc2)CC1. The Kier molecular flexibility index (Phi) is 5.53. The molecule has 0 amide bonds. The van der Waals surface area contributed by atoms with Crippen molar-refractivity contribution in [3.63, 3.8) is 0 Å². The van der Waals surface area contributed by atoms with E-state index in [-0.39, 0.29) is 16.6 Å². The number of nitrogens with zero attached hydrogens (tertiary/aromatic N) is 4. The van der Waals surface area contributed by atoms with Crippen LogP contribution < -0.4 is 9.62 Å². The zero-order valence-electron chi connectivity index (χ0n) is 13.9. The molecule has 3 rings (SSSR count). The maximum atomic E-state index is 12.4. The standard InChI is InChI=1S/C16H20ClN5O2S/c1-21-7-9-22(10-8-21)16-13(3-2-6-18-16)11-20-25(23,24)14-4-5-15(17)19-12-14/h2-6,12,20H,7-11H2,1H3. The van der Waals surface area contributed by atoms with Crippen LogP contribution in [0.5, 0.6) is 0 Å². The number of halogens is 1. The summed E-state index contributed by atoms with van der Waals surface area (Å²) in [5.41, 5.74) is 0.845. The fourth-order valence-corrected chi connectivity index (χ4v) is 3.71. The molecule has 0 saturated carbocycles. The number of likely N-dealkylation sites (N-methyl/N-ethyl adjacent to an activating group) is 1. The molecule has 0 radical (unpaired) electrons. The second-order valence-electron chi connectivity index (χ2n) is 5.92. The minimum atomic E-state index is -3.66. The van der Waals surface area contributed by atoms with Gasteiger partial charge in [-0.3, -0.25) is 0 Å². The molecule has 7 nitrogen and oxygen atoms in total. The molecule has 9 heteroatoms. The average Bonchev–Trinajstić information content (AvgIpc) is 2.61. The second kappa shape index (κ2) is 7.65. The Morgan fingerprint density at radius 2 is 1.92 bits per heavy atom. The predicted molar refractivity (Wildman–Crippen MR) is 97.2 cm³/mol. The molecule has 1 N–H and O–H groups in total. The first kappa shape index (κ1) is 18.1. The molecule has 1 aliphatic heterocycles. The van der Waals surface area contributed by atoms with E-state index < -0.39 is 10.0 Å². The van der Waals surface area contributed by atoms with E-state index in [1.165, 1.54) is 18.3 Å². The first-order chi connectivity index (χ1) is 12.0. The van der Waals surface area contributed by atoms with E-state index >= 15 is 0 Å². The molecule has 134 valence electrons. The smallest absolute Gasteiger partial charge is 0.242 e. The van der Waals surface area contributed by atoms with Crippen molar-refractivity contribution in [2.24, 2.45) is 0 Å². The fourth-order valence-electron chi connectivity index (χ4n) is 2.65. The zero-order chi connectivity index (χ0) is 17.9. The van der Waals surface area contributed by atoms with E-state index in [1.54, 1.807) is 6.20 Å². The van der Waals surface area contributed by atoms with Crippen molar-refractivity contribution >= 4 is 27.4 Å². The Morgan fingerprint density at radius 3 is 2.60 bits per heavy atom. The largest absolute Gasteiger partial charge is 0.354 e. The first-order valence-corrected chi connectivity index (χ1v) is 9.80. The summed E-state index contributed by atoms with van der Waals surface area (Å²) in [6.07, 6.45) is 2.98. The van der Waals surface area contributed by atoms with Gasteiger partial charge in [0.05, 0.1) is 0 Å². The molecule has 0 atom stereocenters.